The zero-order chi connectivity index (χ0) is 20.1. The summed E-state index contributed by atoms with van der Waals surface area (Å²) in [5.41, 5.74) is 5.01. The van der Waals surface area contributed by atoms with Crippen LogP contribution in [-0.2, 0) is 28.9 Å². The Balaban J connectivity index is 1.51. The molecule has 0 saturated heterocycles. The van der Waals surface area contributed by atoms with Gasteiger partial charge in [-0.25, -0.2) is 9.97 Å². The van der Waals surface area contributed by atoms with Gasteiger partial charge in [-0.1, -0.05) is 17.8 Å². The van der Waals surface area contributed by atoms with E-state index in [-0.39, 0.29) is 16.9 Å². The summed E-state index contributed by atoms with van der Waals surface area (Å²) in [5.74, 6) is 0.864. The van der Waals surface area contributed by atoms with Crippen LogP contribution in [0, 0.1) is 5.92 Å². The minimum Gasteiger partial charge on any atom is -0.349 e. The van der Waals surface area contributed by atoms with E-state index in [4.69, 9.17) is 0 Å². The van der Waals surface area contributed by atoms with Crippen molar-refractivity contribution in [2.75, 3.05) is 19.4 Å². The lowest BCUT2D eigenvalue weighted by Gasteiger charge is -2.24. The van der Waals surface area contributed by atoms with Crippen molar-refractivity contribution in [2.45, 2.75) is 30.6 Å². The summed E-state index contributed by atoms with van der Waals surface area (Å²) in [6, 6.07) is 5.96. The van der Waals surface area contributed by atoms with Crippen LogP contribution in [0.2, 0.25) is 0 Å². The SMILES string of the molecule is CN(C)C(=O)C1CCc2[nH]c3ncnc(Nc4ccc5c(c4)SC(=O)C5)c3c2C1. The maximum atomic E-state index is 12.5. The number of nitrogens with one attached hydrogen (secondary N) is 2. The molecule has 3 aromatic rings. The van der Waals surface area contributed by atoms with Gasteiger partial charge in [-0.05, 0) is 42.5 Å². The van der Waals surface area contributed by atoms with Crippen LogP contribution in [0.1, 0.15) is 23.2 Å². The molecule has 1 aliphatic heterocycles. The predicted molar refractivity (Wildman–Crippen MR) is 112 cm³/mol. The zero-order valence-electron chi connectivity index (χ0n) is 16.3. The van der Waals surface area contributed by atoms with Crippen LogP contribution in [0.25, 0.3) is 11.0 Å². The highest BCUT2D eigenvalue weighted by Crippen LogP contribution is 2.38. The second kappa shape index (κ2) is 6.88. The topological polar surface area (TPSA) is 91.0 Å². The van der Waals surface area contributed by atoms with Crippen LogP contribution >= 0.6 is 11.8 Å². The van der Waals surface area contributed by atoms with E-state index in [0.717, 1.165) is 57.1 Å². The number of fused-ring (bicyclic) bond motifs is 4. The number of H-pyrrole nitrogens is 1. The summed E-state index contributed by atoms with van der Waals surface area (Å²) in [7, 11) is 3.61. The quantitative estimate of drug-likeness (QED) is 0.693. The van der Waals surface area contributed by atoms with E-state index in [9.17, 15) is 9.59 Å². The molecule has 2 aliphatic rings. The van der Waals surface area contributed by atoms with Gasteiger partial charge >= 0.3 is 0 Å². The van der Waals surface area contributed by atoms with Crippen LogP contribution in [0.4, 0.5) is 11.5 Å². The molecule has 0 fully saturated rings. The molecular weight excluding hydrogens is 386 g/mol. The minimum absolute atomic E-state index is 0.0213. The summed E-state index contributed by atoms with van der Waals surface area (Å²) in [5, 5.41) is 4.53. The number of hydrogen-bond donors (Lipinski definition) is 2. The number of rotatable bonds is 3. The Morgan fingerprint density at radius 3 is 3.00 bits per heavy atom. The number of anilines is 2. The lowest BCUT2D eigenvalue weighted by atomic mass is 9.85. The largest absolute Gasteiger partial charge is 0.349 e. The number of nitrogens with zero attached hydrogens (tertiary/aromatic N) is 3. The molecule has 148 valence electrons. The molecule has 5 rings (SSSR count). The molecule has 1 aliphatic carbocycles. The molecule has 0 bridgehead atoms. The predicted octanol–water partition coefficient (Wildman–Crippen LogP) is 3.07. The number of hydrogen-bond acceptors (Lipinski definition) is 6. The fourth-order valence-corrected chi connectivity index (χ4v) is 5.17. The van der Waals surface area contributed by atoms with Crippen LogP contribution in [0.3, 0.4) is 0 Å². The lowest BCUT2D eigenvalue weighted by Crippen LogP contribution is -2.33. The van der Waals surface area contributed by atoms with Gasteiger partial charge in [-0.15, -0.1) is 0 Å². The number of carbonyl (C=O) groups excluding carboxylic acids is 2. The highest BCUT2D eigenvalue weighted by Gasteiger charge is 2.30. The van der Waals surface area contributed by atoms with E-state index < -0.39 is 0 Å². The minimum atomic E-state index is -0.0213. The number of carbonyl (C=O) groups is 2. The highest BCUT2D eigenvalue weighted by molar-refractivity contribution is 8.14. The molecule has 1 amide bonds. The third-order valence-corrected chi connectivity index (χ3v) is 6.63. The average Bonchev–Trinajstić information content (AvgIpc) is 3.26. The molecule has 2 N–H and O–H groups in total. The van der Waals surface area contributed by atoms with Crippen molar-refractivity contribution in [2.24, 2.45) is 5.92 Å². The molecule has 1 atom stereocenters. The van der Waals surface area contributed by atoms with Gasteiger partial charge < -0.3 is 15.2 Å². The number of thioether (sulfide) groups is 1. The van der Waals surface area contributed by atoms with Crippen molar-refractivity contribution in [3.05, 3.63) is 41.3 Å². The fourth-order valence-electron chi connectivity index (χ4n) is 4.24. The molecule has 8 heteroatoms. The van der Waals surface area contributed by atoms with Gasteiger partial charge in [0.1, 0.15) is 17.8 Å². The molecule has 7 nitrogen and oxygen atoms in total. The lowest BCUT2D eigenvalue weighted by molar-refractivity contribution is -0.133. The van der Waals surface area contributed by atoms with Crippen LogP contribution in [-0.4, -0.2) is 45.0 Å². The van der Waals surface area contributed by atoms with Gasteiger partial charge in [0.05, 0.1) is 5.39 Å². The van der Waals surface area contributed by atoms with Gasteiger partial charge in [0.2, 0.25) is 5.91 Å². The number of aryl methyl sites for hydroxylation is 1. The standard InChI is InChI=1S/C21H21N5O2S/c1-26(2)21(28)12-4-6-15-14(7-12)18-19(22-10-23-20(18)25-15)24-13-5-3-11-8-17(27)29-16(11)9-13/h3,5,9-10,12H,4,6-8H2,1-2H3,(H2,22,23,24,25). The van der Waals surface area contributed by atoms with E-state index in [2.05, 4.69) is 20.3 Å². The Labute approximate surface area is 172 Å². The molecule has 3 heterocycles. The summed E-state index contributed by atoms with van der Waals surface area (Å²) >= 11 is 1.29. The molecular formula is C21H21N5O2S. The maximum absolute atomic E-state index is 12.5. The number of amides is 1. The summed E-state index contributed by atoms with van der Waals surface area (Å²) in [4.78, 5) is 39.2. The first-order chi connectivity index (χ1) is 14.0. The van der Waals surface area contributed by atoms with Gasteiger partial charge in [0, 0.05) is 42.7 Å². The van der Waals surface area contributed by atoms with Crippen molar-refractivity contribution in [1.29, 1.82) is 0 Å². The van der Waals surface area contributed by atoms with E-state index in [1.165, 1.54) is 11.8 Å². The Morgan fingerprint density at radius 2 is 2.17 bits per heavy atom. The Morgan fingerprint density at radius 1 is 1.31 bits per heavy atom. The van der Waals surface area contributed by atoms with Crippen molar-refractivity contribution in [1.82, 2.24) is 19.9 Å². The fraction of sp³-hybridized carbons (Fsp3) is 0.333. The van der Waals surface area contributed by atoms with Gasteiger partial charge in [0.25, 0.3) is 0 Å². The number of benzene rings is 1. The molecule has 0 radical (unpaired) electrons. The molecule has 29 heavy (non-hydrogen) atoms. The van der Waals surface area contributed by atoms with Gasteiger partial charge in [-0.2, -0.15) is 0 Å². The van der Waals surface area contributed by atoms with E-state index in [1.807, 2.05) is 18.2 Å². The smallest absolute Gasteiger partial charge is 0.225 e. The van der Waals surface area contributed by atoms with Crippen LogP contribution < -0.4 is 5.32 Å². The van der Waals surface area contributed by atoms with Crippen LogP contribution in [0.5, 0.6) is 0 Å². The first-order valence-electron chi connectivity index (χ1n) is 9.66. The Kier molecular flexibility index (Phi) is 4.31. The second-order valence-corrected chi connectivity index (χ2v) is 8.90. The van der Waals surface area contributed by atoms with Gasteiger partial charge in [-0.3, -0.25) is 9.59 Å². The zero-order valence-corrected chi connectivity index (χ0v) is 17.1. The van der Waals surface area contributed by atoms with Crippen molar-refractivity contribution in [3.63, 3.8) is 0 Å². The first-order valence-corrected chi connectivity index (χ1v) is 10.5. The van der Waals surface area contributed by atoms with Crippen molar-refractivity contribution < 1.29 is 9.59 Å². The number of aromatic amines is 1. The molecule has 1 aromatic carbocycles. The van der Waals surface area contributed by atoms with E-state index in [1.54, 1.807) is 25.3 Å². The van der Waals surface area contributed by atoms with Crippen LogP contribution in [0.15, 0.2) is 29.4 Å². The third-order valence-electron chi connectivity index (χ3n) is 5.65. The molecule has 1 unspecified atom stereocenters. The second-order valence-electron chi connectivity index (χ2n) is 7.80. The Hall–Kier alpha value is -2.87. The van der Waals surface area contributed by atoms with Crippen molar-refractivity contribution >= 4 is 45.3 Å². The van der Waals surface area contributed by atoms with Crippen molar-refractivity contribution in [3.8, 4) is 0 Å². The summed E-state index contributed by atoms with van der Waals surface area (Å²) in [6.07, 6.45) is 4.38. The average molecular weight is 407 g/mol. The normalized spacial score (nSPS) is 17.9. The van der Waals surface area contributed by atoms with Gasteiger partial charge in [0.15, 0.2) is 5.12 Å². The highest BCUT2D eigenvalue weighted by atomic mass is 32.2. The van der Waals surface area contributed by atoms with E-state index in [0.29, 0.717) is 12.8 Å². The Bertz CT molecular complexity index is 1150. The first kappa shape index (κ1) is 18.2. The number of aromatic nitrogens is 3. The molecule has 2 aromatic heterocycles. The summed E-state index contributed by atoms with van der Waals surface area (Å²) < 4.78 is 0. The molecule has 0 spiro atoms. The summed E-state index contributed by atoms with van der Waals surface area (Å²) in [6.45, 7) is 0. The maximum Gasteiger partial charge on any atom is 0.225 e. The van der Waals surface area contributed by atoms with E-state index >= 15 is 0 Å². The third kappa shape index (κ3) is 3.17. The monoisotopic (exact) mass is 407 g/mol. The molecule has 0 saturated carbocycles.